The number of likely N-dealkylation sites (tertiary alicyclic amines) is 1. The summed E-state index contributed by atoms with van der Waals surface area (Å²) in [6.07, 6.45) is 4.22. The van der Waals surface area contributed by atoms with E-state index in [2.05, 4.69) is 22.6 Å². The van der Waals surface area contributed by atoms with Crippen molar-refractivity contribution in [2.45, 2.75) is 63.2 Å². The van der Waals surface area contributed by atoms with Crippen molar-refractivity contribution < 1.29 is 37.9 Å². The number of nitrogens with zero attached hydrogens (tertiary/aromatic N) is 2. The van der Waals surface area contributed by atoms with Gasteiger partial charge >= 0.3 is 11.9 Å². The van der Waals surface area contributed by atoms with E-state index < -0.39 is 30.1 Å². The number of hydrogen-bond acceptors (Lipinski definition) is 9. The van der Waals surface area contributed by atoms with Gasteiger partial charge in [0.05, 0.1) is 30.5 Å². The lowest BCUT2D eigenvalue weighted by Gasteiger charge is -2.33. The lowest BCUT2D eigenvalue weighted by molar-refractivity contribution is -0.139. The highest BCUT2D eigenvalue weighted by Gasteiger charge is 2.36. The molecule has 3 fully saturated rings. The second-order valence-electron chi connectivity index (χ2n) is 11.7. The number of carbonyl (C=O) groups is 4. The fraction of sp³-hybridized carbons (Fsp3) is 0.424. The molecule has 3 aliphatic rings. The molecule has 1 aliphatic carbocycles. The number of benzene rings is 2. The number of amides is 2. The monoisotopic (exact) mass is 601 g/mol. The van der Waals surface area contributed by atoms with Crippen molar-refractivity contribution in [1.29, 1.82) is 0 Å². The molecule has 3 aromatic rings. The van der Waals surface area contributed by atoms with E-state index in [1.54, 1.807) is 29.2 Å². The molecule has 1 N–H and O–H groups in total. The quantitative estimate of drug-likeness (QED) is 0.339. The largest absolute Gasteiger partial charge is 0.484 e. The Bertz CT molecular complexity index is 1480. The average molecular weight is 602 g/mol. The summed E-state index contributed by atoms with van der Waals surface area (Å²) >= 11 is 0. The van der Waals surface area contributed by atoms with Crippen LogP contribution in [-0.4, -0.2) is 65.7 Å². The maximum Gasteiger partial charge on any atom is 0.338 e. The van der Waals surface area contributed by atoms with Gasteiger partial charge in [0, 0.05) is 12.6 Å². The van der Waals surface area contributed by atoms with Crippen LogP contribution in [0.1, 0.15) is 83.0 Å². The second-order valence-corrected chi connectivity index (χ2v) is 11.7. The number of cyclic esters (lactones) is 1. The Hall–Kier alpha value is -4.67. The maximum absolute atomic E-state index is 13.0. The van der Waals surface area contributed by atoms with Crippen molar-refractivity contribution in [3.8, 4) is 5.75 Å². The molecule has 11 nitrogen and oxygen atoms in total. The molecule has 0 bridgehead atoms. The first-order chi connectivity index (χ1) is 21.3. The third-order valence-corrected chi connectivity index (χ3v) is 8.32. The summed E-state index contributed by atoms with van der Waals surface area (Å²) in [6.45, 7) is 2.81. The van der Waals surface area contributed by atoms with Crippen molar-refractivity contribution in [2.24, 2.45) is 5.92 Å². The number of esters is 2. The molecule has 2 aromatic carbocycles. The number of hydrogen-bond donors (Lipinski definition) is 1. The smallest absolute Gasteiger partial charge is 0.338 e. The molecule has 1 saturated carbocycles. The Labute approximate surface area is 254 Å². The van der Waals surface area contributed by atoms with E-state index in [0.29, 0.717) is 36.6 Å². The summed E-state index contributed by atoms with van der Waals surface area (Å²) < 4.78 is 21.9. The SMILES string of the molecule is CC(NC(=O)c1ccon1)C(Oc1ccc(C(=O)O[C@H]2CCCN(C(=O)[C@H]3COC(=O)C3)C2)cc1)c1ccc(C2CC2)cc1. The third-order valence-electron chi connectivity index (χ3n) is 8.32. The first-order valence-corrected chi connectivity index (χ1v) is 15.1. The van der Waals surface area contributed by atoms with Crippen LogP contribution in [0.5, 0.6) is 5.75 Å². The van der Waals surface area contributed by atoms with Crippen molar-refractivity contribution in [1.82, 2.24) is 15.4 Å². The average Bonchev–Trinajstić information content (AvgIpc) is 3.55. The van der Waals surface area contributed by atoms with Crippen LogP contribution in [0.3, 0.4) is 0 Å². The Morgan fingerprint density at radius 3 is 2.45 bits per heavy atom. The molecule has 230 valence electrons. The van der Waals surface area contributed by atoms with Gasteiger partial charge in [-0.05, 0) is 73.9 Å². The zero-order chi connectivity index (χ0) is 30.6. The molecule has 2 saturated heterocycles. The molecule has 2 unspecified atom stereocenters. The lowest BCUT2D eigenvalue weighted by atomic mass is 10.00. The van der Waals surface area contributed by atoms with E-state index in [-0.39, 0.29) is 43.1 Å². The number of carbonyl (C=O) groups excluding carboxylic acids is 4. The van der Waals surface area contributed by atoms with Crippen LogP contribution in [0.2, 0.25) is 0 Å². The van der Waals surface area contributed by atoms with Crippen LogP contribution in [0.4, 0.5) is 0 Å². The highest BCUT2D eigenvalue weighted by Crippen LogP contribution is 2.40. The van der Waals surface area contributed by atoms with Gasteiger partial charge in [-0.2, -0.15) is 0 Å². The molecule has 2 aliphatic heterocycles. The zero-order valence-corrected chi connectivity index (χ0v) is 24.5. The molecule has 3 heterocycles. The minimum absolute atomic E-state index is 0.0909. The van der Waals surface area contributed by atoms with E-state index in [0.717, 1.165) is 5.56 Å². The van der Waals surface area contributed by atoms with Crippen LogP contribution < -0.4 is 10.1 Å². The predicted molar refractivity (Wildman–Crippen MR) is 156 cm³/mol. The van der Waals surface area contributed by atoms with Crippen LogP contribution in [0.15, 0.2) is 65.4 Å². The highest BCUT2D eigenvalue weighted by molar-refractivity contribution is 5.92. The van der Waals surface area contributed by atoms with Crippen LogP contribution in [-0.2, 0) is 19.1 Å². The summed E-state index contributed by atoms with van der Waals surface area (Å²) in [5.74, 6) is -0.701. The van der Waals surface area contributed by atoms with Crippen molar-refractivity contribution >= 4 is 23.8 Å². The fourth-order valence-corrected chi connectivity index (χ4v) is 5.72. The lowest BCUT2D eigenvalue weighted by Crippen LogP contribution is -2.46. The second kappa shape index (κ2) is 12.9. The van der Waals surface area contributed by atoms with E-state index in [1.165, 1.54) is 30.7 Å². The Morgan fingerprint density at radius 1 is 1.02 bits per heavy atom. The van der Waals surface area contributed by atoms with Crippen molar-refractivity contribution in [2.75, 3.05) is 19.7 Å². The Kier molecular flexibility index (Phi) is 8.63. The van der Waals surface area contributed by atoms with Gasteiger partial charge in [-0.25, -0.2) is 4.79 Å². The summed E-state index contributed by atoms with van der Waals surface area (Å²) in [5, 5.41) is 6.66. The van der Waals surface area contributed by atoms with Gasteiger partial charge in [-0.3, -0.25) is 14.4 Å². The van der Waals surface area contributed by atoms with Gasteiger partial charge in [-0.1, -0.05) is 29.4 Å². The summed E-state index contributed by atoms with van der Waals surface area (Å²) in [6, 6.07) is 16.0. The van der Waals surface area contributed by atoms with Gasteiger partial charge in [0.15, 0.2) is 5.69 Å². The van der Waals surface area contributed by atoms with Crippen molar-refractivity contribution in [3.05, 3.63) is 83.2 Å². The Balaban J connectivity index is 1.09. The topological polar surface area (TPSA) is 137 Å². The first-order valence-electron chi connectivity index (χ1n) is 15.1. The molecular weight excluding hydrogens is 566 g/mol. The fourth-order valence-electron chi connectivity index (χ4n) is 5.72. The normalized spacial score (nSPS) is 21.2. The molecule has 4 atom stereocenters. The standard InChI is InChI=1S/C33H35N3O8/c1-20(34-31(38)28-14-16-42-35-28)30(23-8-6-22(7-9-23)21-4-5-21)43-26-12-10-24(11-13-26)33(40)44-27-3-2-15-36(18-27)32(39)25-17-29(37)41-19-25/h6-14,16,20-21,25,27,30H,2-5,15,17-19H2,1H3,(H,34,38)/t20?,25-,27+,30?/m1/s1. The molecule has 1 aromatic heterocycles. The maximum atomic E-state index is 13.0. The van der Waals surface area contributed by atoms with Crippen LogP contribution >= 0.6 is 0 Å². The van der Waals surface area contributed by atoms with Crippen LogP contribution in [0.25, 0.3) is 0 Å². The van der Waals surface area contributed by atoms with E-state index in [1.807, 2.05) is 19.1 Å². The van der Waals surface area contributed by atoms with Gasteiger partial charge < -0.3 is 29.0 Å². The van der Waals surface area contributed by atoms with Gasteiger partial charge in [0.2, 0.25) is 5.91 Å². The predicted octanol–water partition coefficient (Wildman–Crippen LogP) is 4.20. The van der Waals surface area contributed by atoms with E-state index in [4.69, 9.17) is 18.7 Å². The Morgan fingerprint density at radius 2 is 1.80 bits per heavy atom. The molecule has 44 heavy (non-hydrogen) atoms. The molecule has 6 rings (SSSR count). The number of piperidine rings is 1. The van der Waals surface area contributed by atoms with E-state index in [9.17, 15) is 19.2 Å². The highest BCUT2D eigenvalue weighted by atomic mass is 16.5. The molecule has 11 heteroatoms. The van der Waals surface area contributed by atoms with Gasteiger partial charge in [-0.15, -0.1) is 0 Å². The minimum Gasteiger partial charge on any atom is -0.484 e. The summed E-state index contributed by atoms with van der Waals surface area (Å²) in [7, 11) is 0. The number of rotatable bonds is 10. The van der Waals surface area contributed by atoms with Gasteiger partial charge in [0.1, 0.15) is 30.8 Å². The zero-order valence-electron chi connectivity index (χ0n) is 24.5. The molecule has 2 amide bonds. The first kappa shape index (κ1) is 29.4. The number of nitrogens with one attached hydrogen (secondary N) is 1. The summed E-state index contributed by atoms with van der Waals surface area (Å²) in [4.78, 5) is 51.6. The van der Waals surface area contributed by atoms with Crippen LogP contribution in [0, 0.1) is 5.92 Å². The summed E-state index contributed by atoms with van der Waals surface area (Å²) in [5.41, 5.74) is 2.72. The minimum atomic E-state index is -0.525. The molecular formula is C33H35N3O8. The molecule has 0 radical (unpaired) electrons. The third kappa shape index (κ3) is 6.93. The van der Waals surface area contributed by atoms with E-state index >= 15 is 0 Å². The number of ether oxygens (including phenoxy) is 3. The molecule has 0 spiro atoms. The van der Waals surface area contributed by atoms with Crippen molar-refractivity contribution in [3.63, 3.8) is 0 Å². The van der Waals surface area contributed by atoms with Gasteiger partial charge in [0.25, 0.3) is 5.91 Å². The number of aromatic nitrogens is 1.